The molecule has 0 aromatic heterocycles. The van der Waals surface area contributed by atoms with Gasteiger partial charge >= 0.3 is 0 Å². The van der Waals surface area contributed by atoms with Crippen molar-refractivity contribution in [2.75, 3.05) is 17.6 Å². The van der Waals surface area contributed by atoms with Gasteiger partial charge in [0.1, 0.15) is 5.69 Å². The van der Waals surface area contributed by atoms with Crippen molar-refractivity contribution < 1.29 is 26.7 Å². The van der Waals surface area contributed by atoms with Crippen LogP contribution in [0.2, 0.25) is 0 Å². The Hall–Kier alpha value is -2.21. The number of nitrogens with zero attached hydrogens (tertiary/aromatic N) is 2. The predicted molar refractivity (Wildman–Crippen MR) is 87.4 cm³/mol. The number of thiocarbonyl (C=S) groups is 1. The van der Waals surface area contributed by atoms with E-state index in [0.717, 1.165) is 11.8 Å². The topological polar surface area (TPSA) is 56.7 Å². The summed E-state index contributed by atoms with van der Waals surface area (Å²) in [4.78, 5) is 12.9. The molecule has 2 rings (SSSR count). The number of hydrogen-bond donors (Lipinski definition) is 2. The minimum absolute atomic E-state index is 0.131. The molecule has 0 bridgehead atoms. The van der Waals surface area contributed by atoms with Crippen LogP contribution in [0, 0.1) is 29.1 Å². The highest BCUT2D eigenvalue weighted by Gasteiger charge is 2.28. The lowest BCUT2D eigenvalue weighted by molar-refractivity contribution is -0.123. The van der Waals surface area contributed by atoms with Crippen LogP contribution in [-0.4, -0.2) is 33.4 Å². The van der Waals surface area contributed by atoms with Crippen molar-refractivity contribution in [3.8, 4) is 0 Å². The van der Waals surface area contributed by atoms with E-state index in [4.69, 9.17) is 12.2 Å². The van der Waals surface area contributed by atoms with Gasteiger partial charge in [-0.3, -0.25) is 15.1 Å². The number of thioether (sulfide) groups is 1. The van der Waals surface area contributed by atoms with E-state index < -0.39 is 39.9 Å². The first-order valence-corrected chi connectivity index (χ1v) is 7.87. The van der Waals surface area contributed by atoms with E-state index in [1.54, 1.807) is 0 Å². The normalized spacial score (nSPS) is 15.6. The first-order chi connectivity index (χ1) is 11.8. The molecule has 1 aliphatic heterocycles. The second kappa shape index (κ2) is 7.78. The van der Waals surface area contributed by atoms with Crippen molar-refractivity contribution in [1.29, 1.82) is 0 Å². The SMILES string of the molecule is C=CCN1C(=O)CS/C1=N\NC(=S)Nc1c(F)c(F)c(F)c(F)c1F. The van der Waals surface area contributed by atoms with Gasteiger partial charge in [-0.1, -0.05) is 17.8 Å². The summed E-state index contributed by atoms with van der Waals surface area (Å²) in [7, 11) is 0. The van der Waals surface area contributed by atoms with Crippen LogP contribution in [0.3, 0.4) is 0 Å². The number of carbonyl (C=O) groups excluding carboxylic acids is 1. The lowest BCUT2D eigenvalue weighted by Gasteiger charge is -2.14. The number of amides is 1. The van der Waals surface area contributed by atoms with Gasteiger partial charge in [0.05, 0.1) is 5.75 Å². The Morgan fingerprint density at radius 1 is 1.20 bits per heavy atom. The summed E-state index contributed by atoms with van der Waals surface area (Å²) in [6.07, 6.45) is 1.46. The highest BCUT2D eigenvalue weighted by Crippen LogP contribution is 2.27. The molecule has 1 heterocycles. The molecule has 12 heteroatoms. The number of nitrogens with one attached hydrogen (secondary N) is 2. The zero-order valence-electron chi connectivity index (χ0n) is 12.2. The highest BCUT2D eigenvalue weighted by atomic mass is 32.2. The minimum Gasteiger partial charge on any atom is -0.326 e. The third-order valence-electron chi connectivity index (χ3n) is 2.87. The van der Waals surface area contributed by atoms with E-state index in [1.807, 2.05) is 5.32 Å². The molecule has 0 radical (unpaired) electrons. The van der Waals surface area contributed by atoms with Gasteiger partial charge in [-0.15, -0.1) is 11.7 Å². The Kier molecular flexibility index (Phi) is 5.95. The molecule has 0 unspecified atom stereocenters. The molecule has 0 spiro atoms. The fourth-order valence-corrected chi connectivity index (χ4v) is 2.74. The largest absolute Gasteiger partial charge is 0.326 e. The number of halogens is 5. The molecule has 1 saturated heterocycles. The van der Waals surface area contributed by atoms with Crippen molar-refractivity contribution in [3.63, 3.8) is 0 Å². The molecule has 1 aromatic rings. The van der Waals surface area contributed by atoms with Crippen LogP contribution in [0.1, 0.15) is 0 Å². The summed E-state index contributed by atoms with van der Waals surface area (Å²) in [6, 6.07) is 0. The number of rotatable bonds is 4. The first kappa shape index (κ1) is 19.1. The van der Waals surface area contributed by atoms with E-state index in [1.165, 1.54) is 11.0 Å². The Morgan fingerprint density at radius 3 is 2.32 bits per heavy atom. The van der Waals surface area contributed by atoms with Crippen LogP contribution in [0.4, 0.5) is 27.6 Å². The summed E-state index contributed by atoms with van der Waals surface area (Å²) in [5.74, 6) is -10.7. The minimum atomic E-state index is -2.28. The molecule has 5 nitrogen and oxygen atoms in total. The van der Waals surface area contributed by atoms with Gasteiger partial charge < -0.3 is 5.32 Å². The average molecular weight is 396 g/mol. The zero-order chi connectivity index (χ0) is 18.7. The van der Waals surface area contributed by atoms with Crippen LogP contribution >= 0.6 is 24.0 Å². The average Bonchev–Trinajstić information content (AvgIpc) is 2.94. The van der Waals surface area contributed by atoms with E-state index in [-0.39, 0.29) is 23.4 Å². The summed E-state index contributed by atoms with van der Waals surface area (Å²) in [6.45, 7) is 3.67. The molecule has 134 valence electrons. The maximum absolute atomic E-state index is 13.5. The first-order valence-electron chi connectivity index (χ1n) is 6.48. The predicted octanol–water partition coefficient (Wildman–Crippen LogP) is 2.70. The van der Waals surface area contributed by atoms with E-state index in [0.29, 0.717) is 0 Å². The standard InChI is InChI=1S/C13H9F5N4OS2/c1-2-3-22-5(23)4-25-13(22)21-20-12(24)19-11-9(17)7(15)6(14)8(16)10(11)18/h2H,1,3-4H2,(H2,19,20,24)/b21-13-. The summed E-state index contributed by atoms with van der Waals surface area (Å²) in [5, 5.41) is 5.30. The maximum atomic E-state index is 13.5. The number of anilines is 1. The fourth-order valence-electron chi connectivity index (χ4n) is 1.75. The summed E-state index contributed by atoms with van der Waals surface area (Å²) in [5.41, 5.74) is 0.865. The van der Waals surface area contributed by atoms with Crippen molar-refractivity contribution in [1.82, 2.24) is 10.3 Å². The molecule has 1 aliphatic rings. The van der Waals surface area contributed by atoms with Gasteiger partial charge in [-0.2, -0.15) is 0 Å². The number of hydrazone groups is 1. The molecule has 2 N–H and O–H groups in total. The van der Waals surface area contributed by atoms with Crippen LogP contribution in [0.25, 0.3) is 0 Å². The smallest absolute Gasteiger partial charge is 0.239 e. The quantitative estimate of drug-likeness (QED) is 0.205. The molecule has 1 aromatic carbocycles. The van der Waals surface area contributed by atoms with Crippen molar-refractivity contribution in [3.05, 3.63) is 41.7 Å². The molecular formula is C13H9F5N4OS2. The van der Waals surface area contributed by atoms with Gasteiger partial charge in [0, 0.05) is 6.54 Å². The third-order valence-corrected chi connectivity index (χ3v) is 4.02. The van der Waals surface area contributed by atoms with Crippen molar-refractivity contribution >= 4 is 45.9 Å². The molecular weight excluding hydrogens is 387 g/mol. The lowest BCUT2D eigenvalue weighted by Crippen LogP contribution is -2.33. The zero-order valence-corrected chi connectivity index (χ0v) is 13.8. The van der Waals surface area contributed by atoms with Gasteiger partial charge in [-0.25, -0.2) is 22.0 Å². The number of benzene rings is 1. The van der Waals surface area contributed by atoms with Crippen LogP contribution < -0.4 is 10.7 Å². The highest BCUT2D eigenvalue weighted by molar-refractivity contribution is 8.15. The monoisotopic (exact) mass is 396 g/mol. The molecule has 25 heavy (non-hydrogen) atoms. The van der Waals surface area contributed by atoms with E-state index >= 15 is 0 Å². The Morgan fingerprint density at radius 2 is 1.76 bits per heavy atom. The van der Waals surface area contributed by atoms with E-state index in [2.05, 4.69) is 17.1 Å². The van der Waals surface area contributed by atoms with Crippen molar-refractivity contribution in [2.24, 2.45) is 5.10 Å². The molecule has 1 amide bonds. The molecule has 0 atom stereocenters. The number of carbonyl (C=O) groups is 1. The number of amidine groups is 1. The van der Waals surface area contributed by atoms with Crippen LogP contribution in [-0.2, 0) is 4.79 Å². The fraction of sp³-hybridized carbons (Fsp3) is 0.154. The van der Waals surface area contributed by atoms with Crippen molar-refractivity contribution in [2.45, 2.75) is 0 Å². The Balaban J connectivity index is 2.15. The van der Waals surface area contributed by atoms with Gasteiger partial charge in [-0.05, 0) is 12.2 Å². The number of hydrogen-bond acceptors (Lipinski definition) is 4. The third kappa shape index (κ3) is 3.90. The van der Waals surface area contributed by atoms with Gasteiger partial charge in [0.15, 0.2) is 33.5 Å². The second-order valence-corrected chi connectivity index (χ2v) is 5.84. The Labute approximate surface area is 147 Å². The second-order valence-electron chi connectivity index (χ2n) is 4.49. The maximum Gasteiger partial charge on any atom is 0.239 e. The molecule has 1 fully saturated rings. The summed E-state index contributed by atoms with van der Waals surface area (Å²) >= 11 is 5.78. The van der Waals surface area contributed by atoms with Gasteiger partial charge in [0.2, 0.25) is 11.7 Å². The van der Waals surface area contributed by atoms with E-state index in [9.17, 15) is 26.7 Å². The van der Waals surface area contributed by atoms with Crippen LogP contribution in [0.15, 0.2) is 17.8 Å². The molecule has 0 aliphatic carbocycles. The lowest BCUT2D eigenvalue weighted by atomic mass is 10.2. The van der Waals surface area contributed by atoms with Crippen LogP contribution in [0.5, 0.6) is 0 Å². The summed E-state index contributed by atoms with van der Waals surface area (Å²) < 4.78 is 66.3. The van der Waals surface area contributed by atoms with Gasteiger partial charge in [0.25, 0.3) is 0 Å². The Bertz CT molecular complexity index is 757. The molecule has 0 saturated carbocycles.